The molecule has 0 saturated carbocycles. The molecule has 2 aromatic rings. The van der Waals surface area contributed by atoms with Gasteiger partial charge >= 0.3 is 0 Å². The first-order chi connectivity index (χ1) is 9.63. The predicted octanol–water partition coefficient (Wildman–Crippen LogP) is 5.28. The lowest BCUT2D eigenvalue weighted by Gasteiger charge is -2.15. The van der Waals surface area contributed by atoms with Crippen molar-refractivity contribution < 1.29 is 4.74 Å². The maximum atomic E-state index is 6.00. The highest BCUT2D eigenvalue weighted by Gasteiger charge is 2.23. The predicted molar refractivity (Wildman–Crippen MR) is 89.9 cm³/mol. The molecule has 1 unspecified atom stereocenters. The van der Waals surface area contributed by atoms with Gasteiger partial charge in [-0.15, -0.1) is 0 Å². The number of ether oxygens (including phenoxy) is 1. The van der Waals surface area contributed by atoms with E-state index in [2.05, 4.69) is 37.2 Å². The minimum Gasteiger partial charge on any atom is -0.488 e. The average molecular weight is 418 g/mol. The quantitative estimate of drug-likeness (QED) is 0.734. The number of benzene rings is 2. The number of hydrogen-bond acceptors (Lipinski definition) is 2. The normalized spacial score (nSPS) is 16.6. The van der Waals surface area contributed by atoms with Crippen molar-refractivity contribution in [1.82, 2.24) is 0 Å². The van der Waals surface area contributed by atoms with Gasteiger partial charge in [0, 0.05) is 20.4 Å². The summed E-state index contributed by atoms with van der Waals surface area (Å²) in [5, 5.41) is 4.18. The minimum atomic E-state index is 0.127. The van der Waals surface area contributed by atoms with Gasteiger partial charge in [-0.1, -0.05) is 17.7 Å². The lowest BCUT2D eigenvalue weighted by molar-refractivity contribution is 0.246. The molecule has 2 nitrogen and oxygen atoms in total. The molecular formula is C15H12Br2ClNO. The van der Waals surface area contributed by atoms with E-state index < -0.39 is 0 Å². The van der Waals surface area contributed by atoms with Gasteiger partial charge in [-0.05, 0) is 67.8 Å². The molecule has 0 aromatic heterocycles. The zero-order valence-corrected chi connectivity index (χ0v) is 14.4. The molecule has 3 rings (SSSR count). The summed E-state index contributed by atoms with van der Waals surface area (Å²) in [6, 6.07) is 11.8. The standard InChI is InChI=1S/C15H12Br2ClNO/c16-12-2-1-3-13(17)15(12)19-8-11-7-9-6-10(18)4-5-14(9)20-11/h1-6,11,19H,7-8H2. The van der Waals surface area contributed by atoms with Crippen molar-refractivity contribution in [3.63, 3.8) is 0 Å². The molecule has 1 aliphatic heterocycles. The Labute approximate surface area is 139 Å². The zero-order valence-electron chi connectivity index (χ0n) is 10.5. The Bertz CT molecular complexity index is 628. The second-order valence-electron chi connectivity index (χ2n) is 4.67. The van der Waals surface area contributed by atoms with Crippen LogP contribution >= 0.6 is 43.5 Å². The summed E-state index contributed by atoms with van der Waals surface area (Å²) in [7, 11) is 0. The second kappa shape index (κ2) is 5.96. The average Bonchev–Trinajstić information content (AvgIpc) is 2.80. The van der Waals surface area contributed by atoms with E-state index in [0.717, 1.165) is 38.4 Å². The molecule has 1 aliphatic rings. The van der Waals surface area contributed by atoms with Gasteiger partial charge in [0.2, 0.25) is 0 Å². The molecule has 1 N–H and O–H groups in total. The summed E-state index contributed by atoms with van der Waals surface area (Å²) in [6.07, 6.45) is 1.01. The third-order valence-corrected chi connectivity index (χ3v) is 4.79. The maximum Gasteiger partial charge on any atom is 0.123 e. The van der Waals surface area contributed by atoms with E-state index in [9.17, 15) is 0 Å². The molecule has 1 atom stereocenters. The monoisotopic (exact) mass is 415 g/mol. The fraction of sp³-hybridized carbons (Fsp3) is 0.200. The third-order valence-electron chi connectivity index (χ3n) is 3.23. The smallest absolute Gasteiger partial charge is 0.123 e. The molecule has 1 heterocycles. The SMILES string of the molecule is Clc1ccc2c(c1)CC(CNc1c(Br)cccc1Br)O2. The number of fused-ring (bicyclic) bond motifs is 1. The van der Waals surface area contributed by atoms with Gasteiger partial charge in [0.1, 0.15) is 11.9 Å². The molecule has 0 radical (unpaired) electrons. The van der Waals surface area contributed by atoms with Gasteiger partial charge in [0.05, 0.1) is 12.2 Å². The van der Waals surface area contributed by atoms with Crippen LogP contribution in [0.2, 0.25) is 5.02 Å². The van der Waals surface area contributed by atoms with Crippen LogP contribution in [0.1, 0.15) is 5.56 Å². The first-order valence-corrected chi connectivity index (χ1v) is 8.23. The van der Waals surface area contributed by atoms with Gasteiger partial charge in [-0.25, -0.2) is 0 Å². The summed E-state index contributed by atoms with van der Waals surface area (Å²) >= 11 is 13.1. The van der Waals surface area contributed by atoms with Crippen molar-refractivity contribution in [3.05, 3.63) is 55.9 Å². The summed E-state index contributed by atoms with van der Waals surface area (Å²) in [5.74, 6) is 0.937. The summed E-state index contributed by atoms with van der Waals surface area (Å²) in [6.45, 7) is 0.744. The molecule has 0 fully saturated rings. The second-order valence-corrected chi connectivity index (χ2v) is 6.82. The van der Waals surface area contributed by atoms with Crippen LogP contribution in [-0.2, 0) is 6.42 Å². The van der Waals surface area contributed by atoms with Crippen molar-refractivity contribution >= 4 is 49.1 Å². The van der Waals surface area contributed by atoms with Crippen LogP contribution in [0.5, 0.6) is 5.75 Å². The fourth-order valence-electron chi connectivity index (χ4n) is 2.29. The Morgan fingerprint density at radius 3 is 2.70 bits per heavy atom. The topological polar surface area (TPSA) is 21.3 Å². The largest absolute Gasteiger partial charge is 0.488 e. The van der Waals surface area contributed by atoms with Crippen LogP contribution in [0.3, 0.4) is 0 Å². The van der Waals surface area contributed by atoms with Crippen LogP contribution in [-0.4, -0.2) is 12.6 Å². The van der Waals surface area contributed by atoms with Crippen molar-refractivity contribution in [2.75, 3.05) is 11.9 Å². The highest BCUT2D eigenvalue weighted by molar-refractivity contribution is 9.11. The van der Waals surface area contributed by atoms with Crippen molar-refractivity contribution in [1.29, 1.82) is 0 Å². The van der Waals surface area contributed by atoms with Gasteiger partial charge in [-0.3, -0.25) is 0 Å². The lowest BCUT2D eigenvalue weighted by Crippen LogP contribution is -2.24. The number of anilines is 1. The Kier molecular flexibility index (Phi) is 4.24. The van der Waals surface area contributed by atoms with Crippen molar-refractivity contribution in [2.45, 2.75) is 12.5 Å². The van der Waals surface area contributed by atoms with Crippen molar-refractivity contribution in [3.8, 4) is 5.75 Å². The molecular weight excluding hydrogens is 405 g/mol. The first kappa shape index (κ1) is 14.2. The third kappa shape index (κ3) is 2.97. The molecule has 2 aromatic carbocycles. The van der Waals surface area contributed by atoms with Crippen LogP contribution in [0, 0.1) is 0 Å². The van der Waals surface area contributed by atoms with Crippen LogP contribution in [0.15, 0.2) is 45.3 Å². The highest BCUT2D eigenvalue weighted by Crippen LogP contribution is 2.33. The van der Waals surface area contributed by atoms with Crippen LogP contribution in [0.25, 0.3) is 0 Å². The summed E-state index contributed by atoms with van der Waals surface area (Å²) in [4.78, 5) is 0. The van der Waals surface area contributed by atoms with Gasteiger partial charge in [-0.2, -0.15) is 0 Å². The zero-order chi connectivity index (χ0) is 14.1. The van der Waals surface area contributed by atoms with Crippen LogP contribution < -0.4 is 10.1 Å². The molecule has 20 heavy (non-hydrogen) atoms. The lowest BCUT2D eigenvalue weighted by atomic mass is 10.1. The number of para-hydroxylation sites is 1. The van der Waals surface area contributed by atoms with E-state index in [1.807, 2.05) is 36.4 Å². The van der Waals surface area contributed by atoms with E-state index >= 15 is 0 Å². The molecule has 5 heteroatoms. The molecule has 0 bridgehead atoms. The van der Waals surface area contributed by atoms with Gasteiger partial charge in [0.15, 0.2) is 0 Å². The number of nitrogens with one attached hydrogen (secondary N) is 1. The van der Waals surface area contributed by atoms with Gasteiger partial charge < -0.3 is 10.1 Å². The van der Waals surface area contributed by atoms with E-state index in [-0.39, 0.29) is 6.10 Å². The number of hydrogen-bond donors (Lipinski definition) is 1. The van der Waals surface area contributed by atoms with Crippen molar-refractivity contribution in [2.24, 2.45) is 0 Å². The van der Waals surface area contributed by atoms with E-state index in [0.29, 0.717) is 0 Å². The number of halogens is 3. The summed E-state index contributed by atoms with van der Waals surface area (Å²) < 4.78 is 7.98. The van der Waals surface area contributed by atoms with Gasteiger partial charge in [0.25, 0.3) is 0 Å². The molecule has 0 amide bonds. The maximum absolute atomic E-state index is 6.00. The Morgan fingerprint density at radius 1 is 1.20 bits per heavy atom. The minimum absolute atomic E-state index is 0.127. The Balaban J connectivity index is 1.67. The molecule has 0 saturated heterocycles. The molecule has 0 aliphatic carbocycles. The molecule has 104 valence electrons. The highest BCUT2D eigenvalue weighted by atomic mass is 79.9. The van der Waals surface area contributed by atoms with Crippen LogP contribution in [0.4, 0.5) is 5.69 Å². The first-order valence-electron chi connectivity index (χ1n) is 6.26. The van der Waals surface area contributed by atoms with E-state index in [1.165, 1.54) is 5.56 Å². The van der Waals surface area contributed by atoms with E-state index in [1.54, 1.807) is 0 Å². The Morgan fingerprint density at radius 2 is 1.95 bits per heavy atom. The fourth-order valence-corrected chi connectivity index (χ4v) is 3.76. The summed E-state index contributed by atoms with van der Waals surface area (Å²) in [5.41, 5.74) is 2.22. The van der Waals surface area contributed by atoms with E-state index in [4.69, 9.17) is 16.3 Å². The molecule has 0 spiro atoms. The number of rotatable bonds is 3. The Hall–Kier alpha value is -0.710.